The zero-order valence-electron chi connectivity index (χ0n) is 13.8. The van der Waals surface area contributed by atoms with Crippen molar-refractivity contribution in [2.45, 2.75) is 33.7 Å². The zero-order valence-corrected chi connectivity index (χ0v) is 15.4. The van der Waals surface area contributed by atoms with Gasteiger partial charge in [0.25, 0.3) is 0 Å². The predicted molar refractivity (Wildman–Crippen MR) is 100.0 cm³/mol. The second-order valence-electron chi connectivity index (χ2n) is 6.20. The lowest BCUT2D eigenvalue weighted by atomic mass is 9.95. The summed E-state index contributed by atoms with van der Waals surface area (Å²) in [4.78, 5) is 7.99. The molecule has 0 atom stereocenters. The third kappa shape index (κ3) is 4.23. The normalized spacial score (nSPS) is 19.3. The van der Waals surface area contributed by atoms with Gasteiger partial charge in [-0.3, -0.25) is 4.99 Å². The number of hydrogen-bond acceptors (Lipinski definition) is 4. The molecule has 1 aromatic carbocycles. The molecule has 5 heteroatoms. The minimum atomic E-state index is 0.257. The highest BCUT2D eigenvalue weighted by Crippen LogP contribution is 2.32. The Morgan fingerprint density at radius 1 is 1.41 bits per heavy atom. The van der Waals surface area contributed by atoms with Crippen LogP contribution in [0.25, 0.3) is 0 Å². The Labute approximate surface area is 143 Å². The van der Waals surface area contributed by atoms with E-state index in [1.807, 2.05) is 18.2 Å². The lowest BCUT2D eigenvalue weighted by Gasteiger charge is -2.39. The summed E-state index contributed by atoms with van der Waals surface area (Å²) in [6.45, 7) is 8.23. The fourth-order valence-corrected chi connectivity index (χ4v) is 3.69. The van der Waals surface area contributed by atoms with E-state index < -0.39 is 0 Å². The minimum absolute atomic E-state index is 0.257. The van der Waals surface area contributed by atoms with E-state index in [1.54, 1.807) is 18.9 Å². The molecule has 0 bridgehead atoms. The summed E-state index contributed by atoms with van der Waals surface area (Å²) in [7, 11) is 1.70. The van der Waals surface area contributed by atoms with Crippen molar-refractivity contribution in [1.29, 1.82) is 0 Å². The molecule has 0 saturated carbocycles. The first kappa shape index (κ1) is 17.3. The van der Waals surface area contributed by atoms with E-state index in [1.165, 1.54) is 0 Å². The number of amidine groups is 1. The van der Waals surface area contributed by atoms with Crippen molar-refractivity contribution in [3.05, 3.63) is 29.8 Å². The highest BCUT2D eigenvalue weighted by Gasteiger charge is 2.32. The van der Waals surface area contributed by atoms with Crippen LogP contribution in [0.5, 0.6) is 5.75 Å². The van der Waals surface area contributed by atoms with Crippen molar-refractivity contribution < 1.29 is 4.74 Å². The third-order valence-electron chi connectivity index (χ3n) is 3.59. The van der Waals surface area contributed by atoms with Crippen molar-refractivity contribution in [3.8, 4) is 5.75 Å². The van der Waals surface area contributed by atoms with Gasteiger partial charge in [0.05, 0.1) is 18.6 Å². The number of ether oxygens (including phenoxy) is 1. The monoisotopic (exact) mass is 336 g/mol. The van der Waals surface area contributed by atoms with Gasteiger partial charge in [0.2, 0.25) is 0 Å². The topological polar surface area (TPSA) is 24.8 Å². The Balaban J connectivity index is 2.19. The maximum Gasteiger partial charge on any atom is 0.164 e. The van der Waals surface area contributed by atoms with Crippen LogP contribution in [0.4, 0.5) is 0 Å². The molecule has 1 aliphatic rings. The van der Waals surface area contributed by atoms with Gasteiger partial charge in [-0.15, -0.1) is 0 Å². The van der Waals surface area contributed by atoms with Crippen molar-refractivity contribution in [2.75, 3.05) is 19.4 Å². The van der Waals surface area contributed by atoms with E-state index in [0.29, 0.717) is 6.54 Å². The molecule has 0 aromatic heterocycles. The van der Waals surface area contributed by atoms with Gasteiger partial charge in [-0.05, 0) is 17.9 Å². The Hall–Kier alpha value is -1.07. The highest BCUT2D eigenvalue weighted by atomic mass is 32.2. The molecule has 1 saturated heterocycles. The number of nitrogens with zero attached hydrogens (tertiary/aromatic N) is 2. The number of para-hydroxylation sites is 1. The number of thioether (sulfide) groups is 1. The smallest absolute Gasteiger partial charge is 0.164 e. The quantitative estimate of drug-likeness (QED) is 0.763. The van der Waals surface area contributed by atoms with Crippen LogP contribution in [0.2, 0.25) is 0 Å². The maximum atomic E-state index is 5.54. The number of rotatable bonds is 4. The van der Waals surface area contributed by atoms with Crippen LogP contribution < -0.4 is 4.74 Å². The van der Waals surface area contributed by atoms with E-state index in [4.69, 9.17) is 21.9 Å². The van der Waals surface area contributed by atoms with E-state index in [-0.39, 0.29) is 5.41 Å². The molecule has 0 aliphatic carbocycles. The van der Waals surface area contributed by atoms with Gasteiger partial charge in [-0.2, -0.15) is 0 Å². The minimum Gasteiger partial charge on any atom is -0.496 e. The van der Waals surface area contributed by atoms with Gasteiger partial charge in [-0.1, -0.05) is 63.0 Å². The van der Waals surface area contributed by atoms with Crippen molar-refractivity contribution in [3.63, 3.8) is 0 Å². The second-order valence-corrected chi connectivity index (χ2v) is 7.61. The molecule has 0 spiro atoms. The summed E-state index contributed by atoms with van der Waals surface area (Å²) in [5, 5.41) is 1.04. The van der Waals surface area contributed by atoms with Crippen LogP contribution in [0.15, 0.2) is 29.3 Å². The van der Waals surface area contributed by atoms with Gasteiger partial charge < -0.3 is 9.64 Å². The summed E-state index contributed by atoms with van der Waals surface area (Å²) < 4.78 is 5.40. The summed E-state index contributed by atoms with van der Waals surface area (Å²) in [6, 6.07) is 8.03. The van der Waals surface area contributed by atoms with Crippen LogP contribution >= 0.6 is 24.0 Å². The Morgan fingerprint density at radius 2 is 2.14 bits per heavy atom. The summed E-state index contributed by atoms with van der Waals surface area (Å²) in [6.07, 6.45) is 0.875. The van der Waals surface area contributed by atoms with Crippen molar-refractivity contribution in [2.24, 2.45) is 10.4 Å². The van der Waals surface area contributed by atoms with Crippen LogP contribution in [0, 0.1) is 5.41 Å². The number of thiocarbonyl (C=S) groups is 1. The lowest BCUT2D eigenvalue weighted by Crippen LogP contribution is -2.46. The molecule has 1 aliphatic heterocycles. The summed E-state index contributed by atoms with van der Waals surface area (Å²) >= 11 is 7.34. The molecule has 0 radical (unpaired) electrons. The fourth-order valence-electron chi connectivity index (χ4n) is 2.38. The van der Waals surface area contributed by atoms with Gasteiger partial charge in [0.15, 0.2) is 5.17 Å². The average molecular weight is 337 g/mol. The molecule has 3 nitrogen and oxygen atoms in total. The number of methoxy groups -OCH3 is 1. The molecule has 0 amide bonds. The molecular weight excluding hydrogens is 312 g/mol. The van der Waals surface area contributed by atoms with Crippen LogP contribution in [-0.2, 0) is 6.54 Å². The molecular formula is C17H24N2OS2. The average Bonchev–Trinajstić information content (AvgIpc) is 2.52. The van der Waals surface area contributed by atoms with Gasteiger partial charge in [0.1, 0.15) is 5.75 Å². The van der Waals surface area contributed by atoms with Crippen LogP contribution in [-0.4, -0.2) is 34.5 Å². The van der Waals surface area contributed by atoms with Crippen LogP contribution in [0.1, 0.15) is 32.8 Å². The van der Waals surface area contributed by atoms with Gasteiger partial charge in [-0.25, -0.2) is 0 Å². The second kappa shape index (κ2) is 7.47. The van der Waals surface area contributed by atoms with E-state index in [2.05, 4.69) is 31.7 Å². The SMILES string of the molecule is CCC(=S)N1CC(C)(C)CSC1=NCc1ccccc1OC. The number of aliphatic imine (C=N–C) groups is 1. The number of benzene rings is 1. The fraction of sp³-hybridized carbons (Fsp3) is 0.529. The molecule has 120 valence electrons. The molecule has 0 N–H and O–H groups in total. The van der Waals surface area contributed by atoms with Crippen LogP contribution in [0.3, 0.4) is 0 Å². The molecule has 2 rings (SSSR count). The van der Waals surface area contributed by atoms with E-state index >= 15 is 0 Å². The standard InChI is InChI=1S/C17H24N2OS2/c1-5-15(21)19-11-17(2,3)12-22-16(19)18-10-13-8-6-7-9-14(13)20-4/h6-9H,5,10-12H2,1-4H3. The third-order valence-corrected chi connectivity index (χ3v) is 5.63. The first-order valence-corrected chi connectivity index (χ1v) is 8.96. The molecule has 1 fully saturated rings. The van der Waals surface area contributed by atoms with Gasteiger partial charge in [0, 0.05) is 17.9 Å². The zero-order chi connectivity index (χ0) is 16.2. The van der Waals surface area contributed by atoms with E-state index in [9.17, 15) is 0 Å². The molecule has 0 unspecified atom stereocenters. The summed E-state index contributed by atoms with van der Waals surface area (Å²) in [5.74, 6) is 1.96. The highest BCUT2D eigenvalue weighted by molar-refractivity contribution is 8.14. The predicted octanol–water partition coefficient (Wildman–Crippen LogP) is 4.36. The van der Waals surface area contributed by atoms with E-state index in [0.717, 1.165) is 40.2 Å². The molecule has 1 heterocycles. The Bertz CT molecular complexity index is 570. The Morgan fingerprint density at radius 3 is 2.82 bits per heavy atom. The summed E-state index contributed by atoms with van der Waals surface area (Å²) in [5.41, 5.74) is 1.36. The first-order valence-electron chi connectivity index (χ1n) is 7.56. The number of hydrogen-bond donors (Lipinski definition) is 0. The largest absolute Gasteiger partial charge is 0.496 e. The molecule has 1 aromatic rings. The first-order chi connectivity index (χ1) is 10.5. The molecule has 22 heavy (non-hydrogen) atoms. The van der Waals surface area contributed by atoms with Gasteiger partial charge >= 0.3 is 0 Å². The lowest BCUT2D eigenvalue weighted by molar-refractivity contribution is 0.343. The Kier molecular flexibility index (Phi) is 5.87. The van der Waals surface area contributed by atoms with Crippen molar-refractivity contribution in [1.82, 2.24) is 4.90 Å². The maximum absolute atomic E-state index is 5.54. The van der Waals surface area contributed by atoms with Crippen molar-refractivity contribution >= 4 is 34.1 Å².